The van der Waals surface area contributed by atoms with E-state index in [-0.39, 0.29) is 18.0 Å². The molecule has 0 heterocycles. The number of esters is 2. The molecule has 0 aliphatic rings. The van der Waals surface area contributed by atoms with Crippen LogP contribution < -0.4 is 4.72 Å². The van der Waals surface area contributed by atoms with Gasteiger partial charge < -0.3 is 9.47 Å². The highest BCUT2D eigenvalue weighted by Crippen LogP contribution is 2.17. The van der Waals surface area contributed by atoms with E-state index in [1.807, 2.05) is 0 Å². The lowest BCUT2D eigenvalue weighted by Gasteiger charge is -2.18. The van der Waals surface area contributed by atoms with Crippen molar-refractivity contribution in [3.05, 3.63) is 0 Å². The Balaban J connectivity index is 4.05. The minimum Gasteiger partial charge on any atom is -0.466 e. The van der Waals surface area contributed by atoms with Gasteiger partial charge in [-0.3, -0.25) is 9.59 Å². The van der Waals surface area contributed by atoms with Crippen LogP contribution in [0.1, 0.15) is 105 Å². The van der Waals surface area contributed by atoms with Crippen LogP contribution in [0.4, 0.5) is 0 Å². The van der Waals surface area contributed by atoms with Crippen LogP contribution in [-0.2, 0) is 29.1 Å². The molecule has 0 saturated heterocycles. The van der Waals surface area contributed by atoms with E-state index >= 15 is 0 Å². The Kier molecular flexibility index (Phi) is 16.9. The number of rotatable bonds is 19. The topological polar surface area (TPSA) is 98.8 Å². The van der Waals surface area contributed by atoms with E-state index in [4.69, 9.17) is 9.47 Å². The summed E-state index contributed by atoms with van der Waals surface area (Å²) in [4.78, 5) is 22.5. The van der Waals surface area contributed by atoms with Gasteiger partial charge in [-0.15, -0.1) is 0 Å². The normalized spacial score (nSPS) is 13.6. The number of nitrogens with one attached hydrogen (secondary N) is 1. The summed E-state index contributed by atoms with van der Waals surface area (Å²) in [6.07, 6.45) is 9.59. The first-order valence-electron chi connectivity index (χ1n) is 11.5. The Morgan fingerprint density at radius 3 is 2.20 bits per heavy atom. The van der Waals surface area contributed by atoms with Crippen molar-refractivity contribution in [2.45, 2.75) is 116 Å². The second-order valence-corrected chi connectivity index (χ2v) is 10.1. The molecule has 0 spiro atoms. The number of carbonyl (C=O) groups excluding carboxylic acids is 2. The second-order valence-electron chi connectivity index (χ2n) is 7.88. The van der Waals surface area contributed by atoms with Crippen LogP contribution in [0, 0.1) is 0 Å². The van der Waals surface area contributed by atoms with Crippen LogP contribution in [-0.4, -0.2) is 44.9 Å². The maximum atomic E-state index is 12.4. The van der Waals surface area contributed by atoms with Crippen molar-refractivity contribution in [2.75, 3.05) is 13.2 Å². The Hall–Kier alpha value is -1.15. The predicted octanol–water partition coefficient (Wildman–Crippen LogP) is 4.49. The monoisotopic (exact) mass is 449 g/mol. The van der Waals surface area contributed by atoms with E-state index in [2.05, 4.69) is 11.6 Å². The van der Waals surface area contributed by atoms with Crippen molar-refractivity contribution in [1.29, 1.82) is 0 Å². The van der Waals surface area contributed by atoms with Crippen molar-refractivity contribution in [1.82, 2.24) is 4.72 Å². The average Bonchev–Trinajstić information content (AvgIpc) is 2.66. The molecule has 1 N–H and O–H groups in total. The van der Waals surface area contributed by atoms with Gasteiger partial charge >= 0.3 is 11.9 Å². The summed E-state index contributed by atoms with van der Waals surface area (Å²) in [5, 5.41) is -0.477. The molecule has 0 aromatic rings. The second kappa shape index (κ2) is 17.5. The molecule has 0 rings (SSSR count). The molecule has 30 heavy (non-hydrogen) atoms. The van der Waals surface area contributed by atoms with E-state index in [0.717, 1.165) is 51.4 Å². The van der Waals surface area contributed by atoms with Crippen LogP contribution >= 0.6 is 0 Å². The molecular formula is C22H43NO6S. The fourth-order valence-electron chi connectivity index (χ4n) is 3.24. The lowest BCUT2D eigenvalue weighted by Crippen LogP contribution is -2.33. The smallest absolute Gasteiger partial charge is 0.305 e. The molecule has 2 unspecified atom stereocenters. The van der Waals surface area contributed by atoms with E-state index < -0.39 is 15.3 Å². The third-order valence-electron chi connectivity index (χ3n) is 5.04. The van der Waals surface area contributed by atoms with Crippen LogP contribution in [0.25, 0.3) is 0 Å². The number of ether oxygens (including phenoxy) is 2. The Bertz CT molecular complexity index is 564. The Labute approximate surface area is 183 Å². The van der Waals surface area contributed by atoms with Gasteiger partial charge in [-0.05, 0) is 58.8 Å². The zero-order valence-electron chi connectivity index (χ0n) is 19.4. The molecular weight excluding hydrogens is 406 g/mol. The van der Waals surface area contributed by atoms with Gasteiger partial charge in [-0.1, -0.05) is 32.6 Å². The number of carbonyl (C=O) groups is 2. The number of hydrogen-bond donors (Lipinski definition) is 1. The highest BCUT2D eigenvalue weighted by molar-refractivity contribution is 7.90. The van der Waals surface area contributed by atoms with E-state index in [9.17, 15) is 18.0 Å². The Morgan fingerprint density at radius 2 is 1.57 bits per heavy atom. The van der Waals surface area contributed by atoms with Gasteiger partial charge in [0.25, 0.3) is 0 Å². The van der Waals surface area contributed by atoms with Crippen molar-refractivity contribution in [3.63, 3.8) is 0 Å². The quantitative estimate of drug-likeness (QED) is 0.230. The third-order valence-corrected chi connectivity index (χ3v) is 6.95. The molecule has 0 aromatic carbocycles. The number of sulfonamides is 1. The third kappa shape index (κ3) is 15.7. The zero-order valence-corrected chi connectivity index (χ0v) is 20.2. The van der Waals surface area contributed by atoms with Crippen molar-refractivity contribution < 1.29 is 27.5 Å². The van der Waals surface area contributed by atoms with Gasteiger partial charge in [0.1, 0.15) is 6.10 Å². The summed E-state index contributed by atoms with van der Waals surface area (Å²) in [5.41, 5.74) is 0. The molecule has 0 bridgehead atoms. The van der Waals surface area contributed by atoms with Gasteiger partial charge in [0.15, 0.2) is 0 Å². The zero-order chi connectivity index (χ0) is 22.8. The molecule has 0 radical (unpaired) electrons. The minimum absolute atomic E-state index is 0.119. The lowest BCUT2D eigenvalue weighted by atomic mass is 10.0. The van der Waals surface area contributed by atoms with E-state index in [0.29, 0.717) is 38.8 Å². The van der Waals surface area contributed by atoms with Crippen LogP contribution in [0.3, 0.4) is 0 Å². The first-order chi connectivity index (χ1) is 14.2. The standard InChI is InChI=1S/C22H43NO6S/c1-5-7-10-15-21(29-20(4)24)16-13-14-19(3)30(26,27)23-18-12-9-8-11-17-22(25)28-6-2/h19,21,23H,5-18H2,1-4H3. The molecule has 0 saturated carbocycles. The summed E-state index contributed by atoms with van der Waals surface area (Å²) < 4.78 is 37.7. The molecule has 0 amide bonds. The lowest BCUT2D eigenvalue weighted by molar-refractivity contribution is -0.147. The maximum Gasteiger partial charge on any atom is 0.305 e. The molecule has 2 atom stereocenters. The van der Waals surface area contributed by atoms with Crippen LogP contribution in [0.15, 0.2) is 0 Å². The molecule has 8 heteroatoms. The maximum absolute atomic E-state index is 12.4. The SMILES string of the molecule is CCCCCC(CCCC(C)S(=O)(=O)NCCCCCCC(=O)OCC)OC(C)=O. The Morgan fingerprint density at radius 1 is 0.900 bits per heavy atom. The molecule has 0 aliphatic carbocycles. The molecule has 0 aromatic heterocycles. The molecule has 0 fully saturated rings. The van der Waals surface area contributed by atoms with E-state index in [1.165, 1.54) is 6.92 Å². The highest BCUT2D eigenvalue weighted by Gasteiger charge is 2.21. The van der Waals surface area contributed by atoms with Crippen molar-refractivity contribution in [2.24, 2.45) is 0 Å². The summed E-state index contributed by atoms with van der Waals surface area (Å²) in [7, 11) is -3.35. The highest BCUT2D eigenvalue weighted by atomic mass is 32.2. The van der Waals surface area contributed by atoms with E-state index in [1.54, 1.807) is 13.8 Å². The van der Waals surface area contributed by atoms with Gasteiger partial charge in [0, 0.05) is 19.9 Å². The largest absolute Gasteiger partial charge is 0.466 e. The first kappa shape index (κ1) is 28.9. The van der Waals surface area contributed by atoms with Gasteiger partial charge in [0.05, 0.1) is 11.9 Å². The van der Waals surface area contributed by atoms with Crippen molar-refractivity contribution >= 4 is 22.0 Å². The summed E-state index contributed by atoms with van der Waals surface area (Å²) in [6, 6.07) is 0. The summed E-state index contributed by atoms with van der Waals surface area (Å²) >= 11 is 0. The molecule has 178 valence electrons. The number of hydrogen-bond acceptors (Lipinski definition) is 6. The summed E-state index contributed by atoms with van der Waals surface area (Å²) in [5.74, 6) is -0.450. The van der Waals surface area contributed by atoms with Gasteiger partial charge in [-0.25, -0.2) is 13.1 Å². The van der Waals surface area contributed by atoms with Crippen LogP contribution in [0.5, 0.6) is 0 Å². The van der Waals surface area contributed by atoms with Gasteiger partial charge in [-0.2, -0.15) is 0 Å². The number of unbranched alkanes of at least 4 members (excludes halogenated alkanes) is 5. The van der Waals surface area contributed by atoms with Crippen molar-refractivity contribution in [3.8, 4) is 0 Å². The first-order valence-corrected chi connectivity index (χ1v) is 13.1. The van der Waals surface area contributed by atoms with Crippen LogP contribution in [0.2, 0.25) is 0 Å². The predicted molar refractivity (Wildman–Crippen MR) is 120 cm³/mol. The summed E-state index contributed by atoms with van der Waals surface area (Å²) in [6.45, 7) is 7.88. The van der Waals surface area contributed by atoms with Gasteiger partial charge in [0.2, 0.25) is 10.0 Å². The average molecular weight is 450 g/mol. The molecule has 7 nitrogen and oxygen atoms in total. The molecule has 0 aliphatic heterocycles. The minimum atomic E-state index is -3.35. The fraction of sp³-hybridized carbons (Fsp3) is 0.909. The fourth-order valence-corrected chi connectivity index (χ4v) is 4.44.